The molecular weight excluding hydrogens is 271 g/mol. The van der Waals surface area contributed by atoms with Crippen LogP contribution in [0.4, 0.5) is 0 Å². The molecule has 104 valence electrons. The quantitative estimate of drug-likeness (QED) is 0.483. The maximum absolute atomic E-state index is 9.39. The molecule has 0 aromatic rings. The number of unbranched alkanes of at least 4 members (excludes halogenated alkanes) is 1. The Labute approximate surface area is 116 Å². The SMILES string of the molecule is CC(C)CCCCC(CC(C)C)SP(O)(O)=S. The van der Waals surface area contributed by atoms with Crippen LogP contribution < -0.4 is 0 Å². The van der Waals surface area contributed by atoms with Gasteiger partial charge in [0.25, 0.3) is 0 Å². The Morgan fingerprint density at radius 2 is 1.53 bits per heavy atom. The first-order valence-electron chi connectivity index (χ1n) is 6.44. The van der Waals surface area contributed by atoms with Gasteiger partial charge in [0.05, 0.1) is 0 Å². The predicted molar refractivity (Wildman–Crippen MR) is 82.9 cm³/mol. The van der Waals surface area contributed by atoms with Crippen molar-refractivity contribution in [1.82, 2.24) is 0 Å². The second kappa shape index (κ2) is 8.92. The molecule has 0 bridgehead atoms. The third-order valence-electron chi connectivity index (χ3n) is 2.58. The first-order valence-corrected chi connectivity index (χ1v) is 10.6. The van der Waals surface area contributed by atoms with Crippen LogP contribution in [0.5, 0.6) is 0 Å². The van der Waals surface area contributed by atoms with Gasteiger partial charge in [-0.1, -0.05) is 58.3 Å². The molecule has 0 amide bonds. The average Bonchev–Trinajstić information content (AvgIpc) is 2.08. The van der Waals surface area contributed by atoms with Gasteiger partial charge in [0.15, 0.2) is 0 Å². The van der Waals surface area contributed by atoms with E-state index in [0.717, 1.165) is 25.2 Å². The lowest BCUT2D eigenvalue weighted by Crippen LogP contribution is -2.07. The molecule has 0 spiro atoms. The minimum absolute atomic E-state index is 0.308. The van der Waals surface area contributed by atoms with E-state index in [0.29, 0.717) is 11.2 Å². The Morgan fingerprint density at radius 1 is 1.00 bits per heavy atom. The lowest BCUT2D eigenvalue weighted by atomic mass is 10.0. The van der Waals surface area contributed by atoms with E-state index in [9.17, 15) is 9.79 Å². The predicted octanol–water partition coefficient (Wildman–Crippen LogP) is 4.56. The Kier molecular flexibility index (Phi) is 9.41. The van der Waals surface area contributed by atoms with Crippen molar-refractivity contribution in [3.05, 3.63) is 0 Å². The van der Waals surface area contributed by atoms with Crippen LogP contribution in [0.2, 0.25) is 0 Å². The molecule has 0 radical (unpaired) electrons. The Morgan fingerprint density at radius 3 is 1.94 bits per heavy atom. The summed E-state index contributed by atoms with van der Waals surface area (Å²) in [4.78, 5) is 18.8. The van der Waals surface area contributed by atoms with Crippen LogP contribution in [0.15, 0.2) is 0 Å². The Hall–Kier alpha value is 0.920. The lowest BCUT2D eigenvalue weighted by Gasteiger charge is -2.20. The number of rotatable bonds is 9. The van der Waals surface area contributed by atoms with Crippen LogP contribution in [0, 0.1) is 11.8 Å². The molecule has 0 heterocycles. The van der Waals surface area contributed by atoms with E-state index in [2.05, 4.69) is 27.7 Å². The zero-order valence-electron chi connectivity index (χ0n) is 11.4. The molecule has 0 rings (SSSR count). The van der Waals surface area contributed by atoms with Crippen molar-refractivity contribution in [2.75, 3.05) is 0 Å². The minimum Gasteiger partial charge on any atom is -0.338 e. The highest BCUT2D eigenvalue weighted by Gasteiger charge is 2.19. The van der Waals surface area contributed by atoms with Crippen molar-refractivity contribution in [3.8, 4) is 0 Å². The topological polar surface area (TPSA) is 40.5 Å². The first-order chi connectivity index (χ1) is 7.70. The van der Waals surface area contributed by atoms with E-state index >= 15 is 0 Å². The van der Waals surface area contributed by atoms with Crippen molar-refractivity contribution < 1.29 is 9.79 Å². The molecule has 0 aliphatic heterocycles. The van der Waals surface area contributed by atoms with Crippen LogP contribution in [-0.2, 0) is 11.8 Å². The second-order valence-electron chi connectivity index (χ2n) is 5.53. The highest BCUT2D eigenvalue weighted by Crippen LogP contribution is 2.55. The molecule has 2 nitrogen and oxygen atoms in total. The van der Waals surface area contributed by atoms with Gasteiger partial charge in [-0.25, -0.2) is 0 Å². The summed E-state index contributed by atoms with van der Waals surface area (Å²) in [5.74, 6) is 1.34. The maximum Gasteiger partial charge on any atom is 0.242 e. The van der Waals surface area contributed by atoms with Gasteiger partial charge in [0.1, 0.15) is 0 Å². The van der Waals surface area contributed by atoms with Crippen molar-refractivity contribution in [2.45, 2.75) is 65.0 Å². The molecule has 0 aromatic heterocycles. The van der Waals surface area contributed by atoms with E-state index < -0.39 is 5.69 Å². The molecule has 0 saturated heterocycles. The summed E-state index contributed by atoms with van der Waals surface area (Å²) in [6.45, 7) is 8.81. The lowest BCUT2D eigenvalue weighted by molar-refractivity contribution is 0.489. The standard InChI is InChI=1S/C12H27O2PS2/c1-10(2)7-5-6-8-12(9-11(3)4)17-15(13,14)16/h10-12H,5-9H2,1-4H3,(H2,13,14,16). The largest absolute Gasteiger partial charge is 0.338 e. The summed E-state index contributed by atoms with van der Waals surface area (Å²) < 4.78 is 0. The van der Waals surface area contributed by atoms with Gasteiger partial charge in [0.2, 0.25) is 5.69 Å². The Balaban J connectivity index is 3.98. The fourth-order valence-electron chi connectivity index (χ4n) is 1.86. The summed E-state index contributed by atoms with van der Waals surface area (Å²) >= 11 is 5.95. The van der Waals surface area contributed by atoms with Crippen molar-refractivity contribution in [2.24, 2.45) is 11.8 Å². The van der Waals surface area contributed by atoms with Gasteiger partial charge in [-0.05, 0) is 36.5 Å². The fourth-order valence-corrected chi connectivity index (χ4v) is 5.82. The highest BCUT2D eigenvalue weighted by atomic mass is 32.9. The van der Waals surface area contributed by atoms with Gasteiger partial charge in [-0.3, -0.25) is 0 Å². The van der Waals surface area contributed by atoms with E-state index in [1.807, 2.05) is 0 Å². The molecular formula is C12H27O2PS2. The molecule has 0 saturated carbocycles. The Bertz CT molecular complexity index is 239. The van der Waals surface area contributed by atoms with Crippen LogP contribution in [0.25, 0.3) is 0 Å². The van der Waals surface area contributed by atoms with Gasteiger partial charge >= 0.3 is 0 Å². The summed E-state index contributed by atoms with van der Waals surface area (Å²) in [6.07, 6.45) is 5.72. The fraction of sp³-hybridized carbons (Fsp3) is 1.00. The number of hydrogen-bond acceptors (Lipinski definition) is 2. The van der Waals surface area contributed by atoms with E-state index in [1.165, 1.54) is 24.2 Å². The van der Waals surface area contributed by atoms with Gasteiger partial charge in [0, 0.05) is 5.25 Å². The van der Waals surface area contributed by atoms with Gasteiger partial charge < -0.3 is 9.79 Å². The zero-order valence-corrected chi connectivity index (χ0v) is 14.0. The molecule has 1 unspecified atom stereocenters. The van der Waals surface area contributed by atoms with Crippen LogP contribution in [-0.4, -0.2) is 15.0 Å². The summed E-state index contributed by atoms with van der Waals surface area (Å²) in [6, 6.07) is 0. The third kappa shape index (κ3) is 13.2. The van der Waals surface area contributed by atoms with Crippen molar-refractivity contribution in [3.63, 3.8) is 0 Å². The van der Waals surface area contributed by atoms with Crippen molar-refractivity contribution in [1.29, 1.82) is 0 Å². The molecule has 0 fully saturated rings. The summed E-state index contributed by atoms with van der Waals surface area (Å²) in [7, 11) is 0. The molecule has 1 atom stereocenters. The van der Waals surface area contributed by atoms with E-state index in [-0.39, 0.29) is 0 Å². The summed E-state index contributed by atoms with van der Waals surface area (Å²) in [5.41, 5.74) is -3.10. The average molecular weight is 298 g/mol. The molecule has 0 aliphatic rings. The summed E-state index contributed by atoms with van der Waals surface area (Å²) in [5, 5.41) is 0.308. The van der Waals surface area contributed by atoms with Crippen LogP contribution >= 0.6 is 17.1 Å². The zero-order chi connectivity index (χ0) is 13.5. The smallest absolute Gasteiger partial charge is 0.242 e. The molecule has 0 aromatic carbocycles. The molecule has 2 N–H and O–H groups in total. The first kappa shape index (κ1) is 17.9. The third-order valence-corrected chi connectivity index (χ3v) is 6.07. The normalized spacial score (nSPS) is 14.6. The van der Waals surface area contributed by atoms with E-state index in [1.54, 1.807) is 0 Å². The van der Waals surface area contributed by atoms with E-state index in [4.69, 9.17) is 11.8 Å². The minimum atomic E-state index is -3.10. The van der Waals surface area contributed by atoms with Gasteiger partial charge in [-0.15, -0.1) is 0 Å². The molecule has 17 heavy (non-hydrogen) atoms. The number of hydrogen-bond donors (Lipinski definition) is 2. The van der Waals surface area contributed by atoms with Crippen LogP contribution in [0.3, 0.4) is 0 Å². The van der Waals surface area contributed by atoms with Crippen molar-refractivity contribution >= 4 is 28.9 Å². The van der Waals surface area contributed by atoms with Crippen LogP contribution in [0.1, 0.15) is 59.8 Å². The monoisotopic (exact) mass is 298 g/mol. The maximum atomic E-state index is 9.39. The molecule has 0 aliphatic carbocycles. The molecule has 5 heteroatoms. The van der Waals surface area contributed by atoms with Gasteiger partial charge in [-0.2, -0.15) is 0 Å². The second-order valence-corrected chi connectivity index (χ2v) is 11.8. The highest BCUT2D eigenvalue weighted by molar-refractivity contribution is 8.67.